The van der Waals surface area contributed by atoms with Crippen molar-refractivity contribution in [2.75, 3.05) is 0 Å². The molecule has 1 aliphatic rings. The molecule has 0 unspecified atom stereocenters. The van der Waals surface area contributed by atoms with E-state index in [0.29, 0.717) is 9.13 Å². The van der Waals surface area contributed by atoms with Gasteiger partial charge in [-0.05, 0) is 47.6 Å². The van der Waals surface area contributed by atoms with Crippen molar-refractivity contribution in [1.82, 2.24) is 9.97 Å². The summed E-state index contributed by atoms with van der Waals surface area (Å²) in [5, 5.41) is 4.93. The Morgan fingerprint density at radius 1 is 0.607 bits per heavy atom. The molecular formula is C25H20N2Si. The number of hydrogen-bond acceptors (Lipinski definition) is 2. The lowest BCUT2D eigenvalue weighted by atomic mass is 10.1. The first-order valence-electron chi connectivity index (χ1n) is 9.68. The fourth-order valence-corrected chi connectivity index (χ4v) is 4.99. The maximum absolute atomic E-state index is 4.68. The van der Waals surface area contributed by atoms with Gasteiger partial charge in [0.1, 0.15) is 0 Å². The van der Waals surface area contributed by atoms with Gasteiger partial charge in [-0.2, -0.15) is 0 Å². The molecule has 6 rings (SSSR count). The van der Waals surface area contributed by atoms with Crippen LogP contribution < -0.4 is 5.35 Å². The molecule has 0 bridgehead atoms. The number of rotatable bonds is 0. The summed E-state index contributed by atoms with van der Waals surface area (Å²) in [4.78, 5) is 10.8. The Balaban J connectivity index is 0.000000122. The summed E-state index contributed by atoms with van der Waals surface area (Å²) < 4.78 is 0. The van der Waals surface area contributed by atoms with Gasteiger partial charge in [-0.15, -0.1) is 0 Å². The van der Waals surface area contributed by atoms with E-state index in [9.17, 15) is 0 Å². The van der Waals surface area contributed by atoms with Crippen LogP contribution in [0.4, 0.5) is 0 Å². The molecule has 134 valence electrons. The Morgan fingerprint density at radius 3 is 1.79 bits per heavy atom. The Labute approximate surface area is 165 Å². The summed E-state index contributed by atoms with van der Waals surface area (Å²) in [5.41, 5.74) is 3.25. The second-order valence-corrected chi connectivity index (χ2v) is 8.62. The topological polar surface area (TPSA) is 25.8 Å². The fraction of sp³-hybridized carbons (Fsp3) is 0.0800. The van der Waals surface area contributed by atoms with Gasteiger partial charge in [0, 0.05) is 25.3 Å². The first-order chi connectivity index (χ1) is 13.9. The highest BCUT2D eigenvalue weighted by atomic mass is 28.2. The standard InChI is InChI=1S/C13H9N.C12H11NSi/c1-3-7-12-10(5-1)9-11-6-2-4-8-13(11)14-12;1-2-5-10-9(4-1)8-12-11(13-10)6-3-7-14-12/h1-9H;1-2,4-6,8,14H,3,7H2. The van der Waals surface area contributed by atoms with Crippen LogP contribution in [0.5, 0.6) is 0 Å². The molecule has 2 aromatic heterocycles. The third-order valence-corrected chi connectivity index (χ3v) is 6.60. The highest BCUT2D eigenvalue weighted by Crippen LogP contribution is 2.18. The average molecular weight is 377 g/mol. The van der Waals surface area contributed by atoms with Crippen LogP contribution in [0.15, 0.2) is 84.9 Å². The summed E-state index contributed by atoms with van der Waals surface area (Å²) in [7, 11) is 0.459. The second-order valence-electron chi connectivity index (χ2n) is 7.01. The smallest absolute Gasteiger partial charge is 0.0709 e. The van der Waals surface area contributed by atoms with Gasteiger partial charge in [-0.1, -0.05) is 60.7 Å². The number of fused-ring (bicyclic) bond motifs is 4. The first kappa shape index (κ1) is 17.0. The lowest BCUT2D eigenvalue weighted by Crippen LogP contribution is -2.13. The molecule has 0 saturated carbocycles. The predicted octanol–water partition coefficient (Wildman–Crippen LogP) is 4.91. The molecule has 0 atom stereocenters. The Kier molecular flexibility index (Phi) is 4.51. The molecule has 3 aromatic carbocycles. The number of nitrogens with zero attached hydrogens (tertiary/aromatic N) is 2. The van der Waals surface area contributed by atoms with Crippen LogP contribution in [0.25, 0.3) is 38.8 Å². The van der Waals surface area contributed by atoms with Crippen LogP contribution in [0.3, 0.4) is 0 Å². The SMILES string of the molecule is C1=c2nc3ccccc3cc2=[SiH]CC1.c1ccc2nc3ccccc3cc2c1. The quantitative estimate of drug-likeness (QED) is 0.283. The predicted molar refractivity (Wildman–Crippen MR) is 120 cm³/mol. The summed E-state index contributed by atoms with van der Waals surface area (Å²) in [6, 6.07) is 30.6. The minimum Gasteiger partial charge on any atom is -0.249 e. The molecule has 28 heavy (non-hydrogen) atoms. The molecule has 0 fully saturated rings. The van der Waals surface area contributed by atoms with E-state index < -0.39 is 0 Å². The number of pyridine rings is 2. The molecular weight excluding hydrogens is 356 g/mol. The summed E-state index contributed by atoms with van der Waals surface area (Å²) in [6.45, 7) is 0. The van der Waals surface area contributed by atoms with E-state index in [4.69, 9.17) is 0 Å². The van der Waals surface area contributed by atoms with E-state index in [0.717, 1.165) is 16.6 Å². The van der Waals surface area contributed by atoms with E-state index in [-0.39, 0.29) is 0 Å². The Morgan fingerprint density at radius 2 is 1.14 bits per heavy atom. The van der Waals surface area contributed by atoms with E-state index in [1.807, 2.05) is 36.4 Å². The average Bonchev–Trinajstić information content (AvgIpc) is 2.76. The highest BCUT2D eigenvalue weighted by molar-refractivity contribution is 6.27. The van der Waals surface area contributed by atoms with Crippen molar-refractivity contribution < 1.29 is 0 Å². The van der Waals surface area contributed by atoms with Crippen molar-refractivity contribution in [1.29, 1.82) is 0 Å². The van der Waals surface area contributed by atoms with Gasteiger partial charge in [0.2, 0.25) is 0 Å². The zero-order chi connectivity index (χ0) is 18.8. The molecule has 2 nitrogen and oxygen atoms in total. The lowest BCUT2D eigenvalue weighted by molar-refractivity contribution is 1.19. The Bertz CT molecular complexity index is 1260. The van der Waals surface area contributed by atoms with Gasteiger partial charge in [-0.25, -0.2) is 9.97 Å². The van der Waals surface area contributed by atoms with Gasteiger partial charge < -0.3 is 0 Å². The van der Waals surface area contributed by atoms with Crippen molar-refractivity contribution in [2.24, 2.45) is 0 Å². The number of benzene rings is 3. The van der Waals surface area contributed by atoms with Crippen molar-refractivity contribution in [2.45, 2.75) is 12.5 Å². The van der Waals surface area contributed by atoms with E-state index in [1.165, 1.54) is 38.8 Å². The third-order valence-electron chi connectivity index (χ3n) is 5.08. The summed E-state index contributed by atoms with van der Waals surface area (Å²) in [6.07, 6.45) is 3.49. The molecule has 3 heteroatoms. The van der Waals surface area contributed by atoms with Crippen molar-refractivity contribution in [3.63, 3.8) is 0 Å². The molecule has 0 amide bonds. The van der Waals surface area contributed by atoms with Crippen LogP contribution in [0.2, 0.25) is 6.04 Å². The van der Waals surface area contributed by atoms with Gasteiger partial charge in [0.25, 0.3) is 0 Å². The summed E-state index contributed by atoms with van der Waals surface area (Å²) >= 11 is 0. The summed E-state index contributed by atoms with van der Waals surface area (Å²) in [5.74, 6) is 0. The normalized spacial score (nSPS) is 12.6. The second kappa shape index (κ2) is 7.45. The first-order valence-corrected chi connectivity index (χ1v) is 11.1. The van der Waals surface area contributed by atoms with Crippen LogP contribution >= 0.6 is 0 Å². The van der Waals surface area contributed by atoms with Crippen molar-refractivity contribution in [3.05, 3.63) is 95.1 Å². The van der Waals surface area contributed by atoms with Crippen LogP contribution in [0.1, 0.15) is 6.42 Å². The minimum absolute atomic E-state index is 0.459. The number of hydrogen-bond donors (Lipinski definition) is 0. The molecule has 0 aliphatic carbocycles. The maximum atomic E-state index is 4.68. The molecule has 0 N–H and O–H groups in total. The van der Waals surface area contributed by atoms with Crippen LogP contribution in [0, 0.1) is 4.81 Å². The monoisotopic (exact) mass is 376 g/mol. The maximum Gasteiger partial charge on any atom is 0.0709 e. The molecule has 0 spiro atoms. The van der Waals surface area contributed by atoms with E-state index in [1.54, 1.807) is 0 Å². The zero-order valence-electron chi connectivity index (χ0n) is 15.5. The van der Waals surface area contributed by atoms with Gasteiger partial charge in [0.15, 0.2) is 0 Å². The molecule has 0 radical (unpaired) electrons. The molecule has 5 aromatic rings. The van der Waals surface area contributed by atoms with Crippen molar-refractivity contribution in [3.8, 4) is 0 Å². The van der Waals surface area contributed by atoms with E-state index >= 15 is 0 Å². The van der Waals surface area contributed by atoms with Crippen LogP contribution in [-0.4, -0.2) is 19.1 Å². The molecule has 3 heterocycles. The van der Waals surface area contributed by atoms with Crippen molar-refractivity contribution >= 4 is 47.9 Å². The van der Waals surface area contributed by atoms with Crippen LogP contribution in [-0.2, 0) is 0 Å². The Hall–Kier alpha value is -3.17. The molecule has 0 saturated heterocycles. The number of para-hydroxylation sites is 3. The number of aromatic nitrogens is 2. The third kappa shape index (κ3) is 3.37. The molecule has 1 aliphatic heterocycles. The largest absolute Gasteiger partial charge is 0.249 e. The van der Waals surface area contributed by atoms with Gasteiger partial charge >= 0.3 is 0 Å². The van der Waals surface area contributed by atoms with Gasteiger partial charge in [-0.3, -0.25) is 0 Å². The fourth-order valence-electron chi connectivity index (χ4n) is 3.65. The van der Waals surface area contributed by atoms with Gasteiger partial charge in [0.05, 0.1) is 21.9 Å². The lowest BCUT2D eigenvalue weighted by Gasteiger charge is -2.01. The van der Waals surface area contributed by atoms with E-state index in [2.05, 4.69) is 64.6 Å². The highest BCUT2D eigenvalue weighted by Gasteiger charge is 1.98. The minimum atomic E-state index is 0.459. The zero-order valence-corrected chi connectivity index (χ0v) is 16.7.